The topological polar surface area (TPSA) is 185 Å². The summed E-state index contributed by atoms with van der Waals surface area (Å²) >= 11 is 0. The van der Waals surface area contributed by atoms with Gasteiger partial charge in [0.1, 0.15) is 46.0 Å². The summed E-state index contributed by atoms with van der Waals surface area (Å²) in [6, 6.07) is 47.3. The summed E-state index contributed by atoms with van der Waals surface area (Å²) in [5, 5.41) is 0. The summed E-state index contributed by atoms with van der Waals surface area (Å²) in [4.78, 5) is 43.4. The Kier molecular flexibility index (Phi) is 47.8. The second kappa shape index (κ2) is 62.3. The van der Waals surface area contributed by atoms with Crippen LogP contribution < -0.4 is 47.9 Å². The van der Waals surface area contributed by atoms with Gasteiger partial charge >= 0.3 is 19.5 Å². The molecule has 10 heterocycles. The summed E-state index contributed by atoms with van der Waals surface area (Å²) in [6.07, 6.45) is 72.4. The van der Waals surface area contributed by atoms with E-state index in [4.69, 9.17) is 67.8 Å². The summed E-state index contributed by atoms with van der Waals surface area (Å²) in [5.41, 5.74) is 20.5. The zero-order chi connectivity index (χ0) is 99.8. The van der Waals surface area contributed by atoms with Gasteiger partial charge in [0.25, 0.3) is 0 Å². The Morgan fingerprint density at radius 3 is 0.772 bits per heavy atom. The van der Waals surface area contributed by atoms with Crippen molar-refractivity contribution in [2.75, 3.05) is 52.9 Å². The first-order valence-electron chi connectivity index (χ1n) is 56.9. The Hall–Kier alpha value is -10.9. The minimum atomic E-state index is 0. The minimum Gasteiger partial charge on any atom is -0.657 e. The smallest absolute Gasteiger partial charge is 0.657 e. The van der Waals surface area contributed by atoms with Crippen molar-refractivity contribution in [1.29, 1.82) is 0 Å². The van der Waals surface area contributed by atoms with Crippen molar-refractivity contribution in [3.05, 3.63) is 179 Å². The number of ether oxygens (including phenoxy) is 8. The zero-order valence-electron chi connectivity index (χ0n) is 89.6. The molecule has 0 atom stereocenters. The van der Waals surface area contributed by atoms with Crippen molar-refractivity contribution in [2.24, 2.45) is 0 Å². The third-order valence-electron chi connectivity index (χ3n) is 28.1. The van der Waals surface area contributed by atoms with Crippen molar-refractivity contribution in [2.45, 2.75) is 364 Å². The molecule has 4 aliphatic rings. The maximum atomic E-state index is 6.92. The van der Waals surface area contributed by atoms with Crippen LogP contribution in [0.15, 0.2) is 133 Å². The van der Waals surface area contributed by atoms with Crippen molar-refractivity contribution in [3.8, 4) is 102 Å². The van der Waals surface area contributed by atoms with Gasteiger partial charge in [-0.1, -0.05) is 343 Å². The summed E-state index contributed by atoms with van der Waals surface area (Å²) < 4.78 is 55.3. The molecule has 16 bridgehead atoms. The first-order valence-corrected chi connectivity index (χ1v) is 56.9. The van der Waals surface area contributed by atoms with Crippen molar-refractivity contribution in [3.63, 3.8) is 0 Å². The summed E-state index contributed by atoms with van der Waals surface area (Å²) in [7, 11) is 0. The molecule has 0 fully saturated rings. The maximum Gasteiger partial charge on any atom is 2.00 e. The number of benzene rings is 4. The molecule has 6 aromatic heterocycles. The molecule has 770 valence electrons. The molecule has 145 heavy (non-hydrogen) atoms. The first kappa shape index (κ1) is 111. The third kappa shape index (κ3) is 34.6. The standard InChI is InChI=1S/C128H168N8O8.Zn/c1-9-17-25-33-41-49-73-137-103-81-95(82-104(91-103)138-74-50-42-34-26-18-10-2)123-111-61-57-99(129-111)89-100-58-62-112(130-100)124(96-83-105(139-75-51-43-35-27-19-11-3)92-106(84-96)140-76-52-44-36-28-20-12-4)116-66-70-120(134-116)127(119-69-65-115(123)133-119)128-121-71-67-117(135-121)125(97-85-107(141-77-53-45-37-29-21-13-5)93-108(86-97)142-78-54-46-38-30-22-14-6)113-63-59-101(131-113)90-102-60-64-114(132-102)126(118-68-72-122(128)136-118)98-87-109(143-79-55-47-39-31-23-15-7)94-110(88-98)144-80-56-48-40-32-24-16-8;/h57-72,81-94,129,134H,9-56,73-80H2,1-8H3;/q-2;+2. The Morgan fingerprint density at radius 1 is 0.200 bits per heavy atom. The minimum absolute atomic E-state index is 0. The van der Waals surface area contributed by atoms with Crippen LogP contribution in [0.4, 0.5) is 0 Å². The number of nitrogens with zero attached hydrogens (tertiary/aromatic N) is 6. The second-order valence-electron chi connectivity index (χ2n) is 40.3. The molecule has 16 nitrogen and oxygen atoms in total. The zero-order valence-corrected chi connectivity index (χ0v) is 92.5. The van der Waals surface area contributed by atoms with E-state index in [1.807, 2.05) is 0 Å². The van der Waals surface area contributed by atoms with Crippen LogP contribution in [0.3, 0.4) is 0 Å². The van der Waals surface area contributed by atoms with E-state index in [0.717, 1.165) is 266 Å². The Labute approximate surface area is 881 Å². The largest absolute Gasteiger partial charge is 2.00 e. The maximum absolute atomic E-state index is 6.92. The van der Waals surface area contributed by atoms with Crippen LogP contribution in [0.5, 0.6) is 46.0 Å². The van der Waals surface area contributed by atoms with Crippen LogP contribution in [0.25, 0.3) is 148 Å². The van der Waals surface area contributed by atoms with Crippen LogP contribution in [0.2, 0.25) is 0 Å². The van der Waals surface area contributed by atoms with Gasteiger partial charge in [-0.3, -0.25) is 0 Å². The van der Waals surface area contributed by atoms with Gasteiger partial charge in [0.05, 0.1) is 98.4 Å². The van der Waals surface area contributed by atoms with Crippen LogP contribution in [0.1, 0.15) is 409 Å². The third-order valence-corrected chi connectivity index (χ3v) is 28.1. The van der Waals surface area contributed by atoms with E-state index in [0.29, 0.717) is 81.0 Å². The van der Waals surface area contributed by atoms with Crippen LogP contribution >= 0.6 is 0 Å². The molecule has 2 N–H and O–H groups in total. The molecule has 17 heteroatoms. The van der Waals surface area contributed by atoms with Crippen LogP contribution in [-0.4, -0.2) is 82.8 Å². The van der Waals surface area contributed by atoms with Gasteiger partial charge in [0.15, 0.2) is 0 Å². The normalized spacial score (nSPS) is 12.0. The van der Waals surface area contributed by atoms with E-state index < -0.39 is 0 Å². The number of nitrogens with one attached hydrogen (secondary N) is 2. The van der Waals surface area contributed by atoms with E-state index in [1.54, 1.807) is 0 Å². The number of unbranched alkanes of at least 4 members (excludes halogenated alkanes) is 40. The quantitative estimate of drug-likeness (QED) is 0.0271. The van der Waals surface area contributed by atoms with Gasteiger partial charge in [-0.2, -0.15) is 0 Å². The summed E-state index contributed by atoms with van der Waals surface area (Å²) in [6.45, 7) is 22.9. The number of fused-ring (bicyclic) bond motifs is 16. The SMILES string of the molecule is CCCCCCCCOc1cc(OCCCCCCCC)cc(-c2c3nc(c(-c4c5nc(c(-c6cc(OCCCCCCCC)cc(OCCCCCCCC)c6)c6ccc(cc7nc(c(-c8cc(OCCCCCCCC)cc(OCCCCCCCC)c8)c8ccc4[nH]8)C=C7)[nH]6)C=C5)c4ccc([n-]4)c(-c4cc(OCCCCCCCC)cc(OCCCCCCCC)c4)c4nc(cc5ccc2[n-]5)C=C4)C=C3)c1.[Zn+2]. The molecule has 10 aromatic rings. The Balaban J connectivity index is 0.0000176. The Bertz CT molecular complexity index is 5450. The molecule has 4 aliphatic heterocycles. The van der Waals surface area contributed by atoms with Crippen LogP contribution in [0, 0.1) is 0 Å². The van der Waals surface area contributed by atoms with Crippen molar-refractivity contribution >= 4 is 92.7 Å². The number of aromatic amines is 2. The fraction of sp³-hybridized carbons (Fsp3) is 0.500. The second-order valence-corrected chi connectivity index (χ2v) is 40.3. The Morgan fingerprint density at radius 2 is 0.434 bits per heavy atom. The average Bonchev–Trinajstić information content (AvgIpc) is 1.60. The molecular formula is C128H168N8O8Zn. The van der Waals surface area contributed by atoms with Crippen LogP contribution in [-0.2, 0) is 19.5 Å². The van der Waals surface area contributed by atoms with Gasteiger partial charge in [-0.15, -0.1) is 22.1 Å². The molecule has 0 saturated heterocycles. The molecule has 0 saturated carbocycles. The van der Waals surface area contributed by atoms with Gasteiger partial charge in [-0.05, 0) is 218 Å². The van der Waals surface area contributed by atoms with Gasteiger partial charge < -0.3 is 57.8 Å². The van der Waals surface area contributed by atoms with E-state index in [-0.39, 0.29) is 19.5 Å². The number of hydrogen-bond acceptors (Lipinski definition) is 12. The predicted molar refractivity (Wildman–Crippen MR) is 607 cm³/mol. The summed E-state index contributed by atoms with van der Waals surface area (Å²) in [5.74, 6) is 5.95. The van der Waals surface area contributed by atoms with E-state index in [9.17, 15) is 0 Å². The fourth-order valence-corrected chi connectivity index (χ4v) is 20.0. The molecule has 0 unspecified atom stereocenters. The van der Waals surface area contributed by atoms with E-state index in [1.165, 1.54) is 205 Å². The predicted octanol–water partition coefficient (Wildman–Crippen LogP) is 37.1. The number of H-pyrrole nitrogens is 2. The van der Waals surface area contributed by atoms with E-state index in [2.05, 4.69) is 247 Å². The van der Waals surface area contributed by atoms with Gasteiger partial charge in [0.2, 0.25) is 0 Å². The number of rotatable bonds is 69. The monoisotopic (exact) mass is 2010 g/mol. The van der Waals surface area contributed by atoms with E-state index >= 15 is 0 Å². The molecule has 0 aliphatic carbocycles. The van der Waals surface area contributed by atoms with Crippen molar-refractivity contribution in [1.82, 2.24) is 39.9 Å². The molecule has 4 aromatic carbocycles. The molecule has 0 spiro atoms. The molecule has 14 rings (SSSR count). The first-order chi connectivity index (χ1) is 71.1. The average molecular weight is 2010 g/mol. The van der Waals surface area contributed by atoms with Crippen molar-refractivity contribution < 1.29 is 57.4 Å². The van der Waals surface area contributed by atoms with Gasteiger partial charge in [0, 0.05) is 63.0 Å². The molecule has 0 amide bonds. The number of aromatic nitrogens is 8. The molecule has 0 radical (unpaired) electrons. The number of hydrogen-bond donors (Lipinski definition) is 2. The fourth-order valence-electron chi connectivity index (χ4n) is 20.0. The van der Waals surface area contributed by atoms with Gasteiger partial charge in [-0.25, -0.2) is 19.9 Å². The molecular weight excluding hydrogens is 1840 g/mol.